The van der Waals surface area contributed by atoms with Crippen LogP contribution in [-0.2, 0) is 0 Å². The van der Waals surface area contributed by atoms with Crippen molar-refractivity contribution in [3.8, 4) is 0 Å². The van der Waals surface area contributed by atoms with E-state index in [1.54, 1.807) is 0 Å². The first-order valence-corrected chi connectivity index (χ1v) is 5.76. The monoisotopic (exact) mass is 196 g/mol. The second-order valence-electron chi connectivity index (χ2n) is 5.67. The Morgan fingerprint density at radius 3 is 2.64 bits per heavy atom. The van der Waals surface area contributed by atoms with Crippen LogP contribution in [0.5, 0.6) is 0 Å². The fourth-order valence-electron chi connectivity index (χ4n) is 3.75. The zero-order valence-corrected chi connectivity index (χ0v) is 8.79. The Morgan fingerprint density at radius 2 is 2.29 bits per heavy atom. The predicted octanol–water partition coefficient (Wildman–Crippen LogP) is 0.0842. The van der Waals surface area contributed by atoms with Gasteiger partial charge < -0.3 is 16.2 Å². The van der Waals surface area contributed by atoms with E-state index < -0.39 is 5.60 Å². The lowest BCUT2D eigenvalue weighted by molar-refractivity contribution is -0.109. The molecule has 0 aromatic heterocycles. The lowest BCUT2D eigenvalue weighted by Gasteiger charge is -2.48. The van der Waals surface area contributed by atoms with Gasteiger partial charge in [0, 0.05) is 23.9 Å². The van der Waals surface area contributed by atoms with E-state index in [1.165, 1.54) is 6.42 Å². The molecule has 4 unspecified atom stereocenters. The highest BCUT2D eigenvalue weighted by Crippen LogP contribution is 2.61. The van der Waals surface area contributed by atoms with E-state index in [2.05, 4.69) is 5.32 Å². The SMILES string of the molecule is CC(O)(C1C2CNC1C2)C1(CN)CC1. The maximum absolute atomic E-state index is 10.7. The van der Waals surface area contributed by atoms with Gasteiger partial charge in [-0.2, -0.15) is 0 Å². The van der Waals surface area contributed by atoms with E-state index in [1.807, 2.05) is 6.92 Å². The standard InChI is InChI=1S/C11H20N2O/c1-10(14,11(6-12)2-3-11)9-7-4-8(9)13-5-7/h7-9,13-14H,2-6,12H2,1H3. The van der Waals surface area contributed by atoms with Gasteiger partial charge in [-0.05, 0) is 38.6 Å². The molecule has 2 aliphatic heterocycles. The molecule has 4 atom stereocenters. The summed E-state index contributed by atoms with van der Waals surface area (Å²) in [7, 11) is 0. The van der Waals surface area contributed by atoms with Crippen molar-refractivity contribution in [1.82, 2.24) is 5.32 Å². The van der Waals surface area contributed by atoms with Gasteiger partial charge in [0.1, 0.15) is 0 Å². The molecule has 0 aromatic carbocycles. The molecule has 4 N–H and O–H groups in total. The van der Waals surface area contributed by atoms with Crippen LogP contribution in [0.4, 0.5) is 0 Å². The molecule has 0 aromatic rings. The molecule has 4 aliphatic rings. The van der Waals surface area contributed by atoms with Crippen molar-refractivity contribution in [3.05, 3.63) is 0 Å². The summed E-state index contributed by atoms with van der Waals surface area (Å²) in [5.74, 6) is 1.17. The first-order chi connectivity index (χ1) is 6.61. The number of nitrogens with one attached hydrogen (secondary N) is 1. The molecular formula is C11H20N2O. The highest BCUT2D eigenvalue weighted by atomic mass is 16.3. The fourth-order valence-corrected chi connectivity index (χ4v) is 3.75. The van der Waals surface area contributed by atoms with Crippen molar-refractivity contribution in [3.63, 3.8) is 0 Å². The molecule has 0 radical (unpaired) electrons. The Morgan fingerprint density at radius 1 is 1.57 bits per heavy atom. The number of aliphatic hydroxyl groups is 1. The summed E-state index contributed by atoms with van der Waals surface area (Å²) in [6.45, 7) is 3.77. The lowest BCUT2D eigenvalue weighted by Crippen LogP contribution is -2.57. The average molecular weight is 196 g/mol. The van der Waals surface area contributed by atoms with Crippen molar-refractivity contribution < 1.29 is 5.11 Å². The lowest BCUT2D eigenvalue weighted by atomic mass is 9.60. The minimum absolute atomic E-state index is 0.0562. The van der Waals surface area contributed by atoms with Crippen LogP contribution in [0.15, 0.2) is 0 Å². The van der Waals surface area contributed by atoms with Crippen LogP contribution in [0.25, 0.3) is 0 Å². The molecule has 4 rings (SSSR count). The number of hydrogen-bond donors (Lipinski definition) is 3. The molecule has 2 heterocycles. The smallest absolute Gasteiger partial charge is 0.0733 e. The van der Waals surface area contributed by atoms with Gasteiger partial charge in [0.15, 0.2) is 0 Å². The van der Waals surface area contributed by atoms with Gasteiger partial charge in [0.2, 0.25) is 0 Å². The van der Waals surface area contributed by atoms with Crippen molar-refractivity contribution >= 4 is 0 Å². The van der Waals surface area contributed by atoms with Crippen LogP contribution in [0.2, 0.25) is 0 Å². The summed E-state index contributed by atoms with van der Waals surface area (Å²) >= 11 is 0. The Bertz CT molecular complexity index is 246. The molecule has 2 saturated carbocycles. The van der Waals surface area contributed by atoms with E-state index in [0.717, 1.165) is 19.4 Å². The Labute approximate surface area is 85.1 Å². The van der Waals surface area contributed by atoms with Crippen LogP contribution < -0.4 is 11.1 Å². The van der Waals surface area contributed by atoms with Crippen LogP contribution in [0.1, 0.15) is 26.2 Å². The highest BCUT2D eigenvalue weighted by Gasteiger charge is 2.65. The number of hydrogen-bond acceptors (Lipinski definition) is 3. The first kappa shape index (κ1) is 9.13. The quantitative estimate of drug-likeness (QED) is 0.599. The van der Waals surface area contributed by atoms with Gasteiger partial charge in [-0.15, -0.1) is 0 Å². The molecule has 0 spiro atoms. The fraction of sp³-hybridized carbons (Fsp3) is 1.00. The normalized spacial score (nSPS) is 46.9. The number of nitrogens with two attached hydrogens (primary N) is 1. The van der Waals surface area contributed by atoms with Crippen molar-refractivity contribution in [1.29, 1.82) is 0 Å². The van der Waals surface area contributed by atoms with Crippen LogP contribution >= 0.6 is 0 Å². The summed E-state index contributed by atoms with van der Waals surface area (Å²) in [6, 6.07) is 0.569. The van der Waals surface area contributed by atoms with Gasteiger partial charge in [-0.3, -0.25) is 0 Å². The molecular weight excluding hydrogens is 176 g/mol. The molecule has 2 aliphatic carbocycles. The van der Waals surface area contributed by atoms with Crippen molar-refractivity contribution in [2.75, 3.05) is 13.1 Å². The second-order valence-corrected chi connectivity index (χ2v) is 5.67. The largest absolute Gasteiger partial charge is 0.389 e. The summed E-state index contributed by atoms with van der Waals surface area (Å²) in [4.78, 5) is 0. The van der Waals surface area contributed by atoms with E-state index >= 15 is 0 Å². The topological polar surface area (TPSA) is 58.3 Å². The number of rotatable bonds is 3. The summed E-state index contributed by atoms with van der Waals surface area (Å²) < 4.78 is 0. The zero-order chi connectivity index (χ0) is 9.97. The van der Waals surface area contributed by atoms with Gasteiger partial charge in [-0.25, -0.2) is 0 Å². The highest BCUT2D eigenvalue weighted by molar-refractivity contribution is 5.18. The summed E-state index contributed by atoms with van der Waals surface area (Å²) in [5.41, 5.74) is 5.33. The predicted molar refractivity (Wildman–Crippen MR) is 54.7 cm³/mol. The van der Waals surface area contributed by atoms with Gasteiger partial charge >= 0.3 is 0 Å². The molecule has 3 heteroatoms. The molecule has 2 saturated heterocycles. The molecule has 14 heavy (non-hydrogen) atoms. The third kappa shape index (κ3) is 0.884. The van der Waals surface area contributed by atoms with E-state index in [-0.39, 0.29) is 5.41 Å². The number of fused-ring (bicyclic) bond motifs is 1. The molecule has 0 amide bonds. The first-order valence-electron chi connectivity index (χ1n) is 5.76. The molecule has 3 nitrogen and oxygen atoms in total. The minimum atomic E-state index is -0.529. The van der Waals surface area contributed by atoms with E-state index in [4.69, 9.17) is 5.73 Å². The van der Waals surface area contributed by atoms with Crippen LogP contribution in [0, 0.1) is 17.3 Å². The van der Waals surface area contributed by atoms with Crippen molar-refractivity contribution in [2.45, 2.75) is 37.8 Å². The Kier molecular flexibility index (Phi) is 1.64. The van der Waals surface area contributed by atoms with Crippen LogP contribution in [0.3, 0.4) is 0 Å². The maximum Gasteiger partial charge on any atom is 0.0733 e. The second kappa shape index (κ2) is 2.52. The average Bonchev–Trinajstić information content (AvgIpc) is 2.59. The van der Waals surface area contributed by atoms with Crippen molar-refractivity contribution in [2.24, 2.45) is 23.0 Å². The third-order valence-electron chi connectivity index (χ3n) is 5.11. The molecule has 4 fully saturated rings. The molecule has 80 valence electrons. The van der Waals surface area contributed by atoms with Gasteiger partial charge in [0.05, 0.1) is 5.60 Å². The maximum atomic E-state index is 10.7. The third-order valence-corrected chi connectivity index (χ3v) is 5.11. The Balaban J connectivity index is 1.83. The molecule has 2 bridgehead atoms. The van der Waals surface area contributed by atoms with Crippen LogP contribution in [-0.4, -0.2) is 29.8 Å². The van der Waals surface area contributed by atoms with E-state index in [9.17, 15) is 5.11 Å². The van der Waals surface area contributed by atoms with E-state index in [0.29, 0.717) is 24.4 Å². The Hall–Kier alpha value is -0.120. The van der Waals surface area contributed by atoms with Gasteiger partial charge in [0.25, 0.3) is 0 Å². The zero-order valence-electron chi connectivity index (χ0n) is 8.79. The summed E-state index contributed by atoms with van der Waals surface area (Å²) in [5, 5.41) is 14.2. The summed E-state index contributed by atoms with van der Waals surface area (Å²) in [6.07, 6.45) is 3.50. The minimum Gasteiger partial charge on any atom is -0.389 e. The van der Waals surface area contributed by atoms with Gasteiger partial charge in [-0.1, -0.05) is 0 Å².